The highest BCUT2D eigenvalue weighted by Crippen LogP contribution is 2.30. The molecule has 0 bridgehead atoms. The molecular formula is C7H5Cl2NO3. The van der Waals surface area contributed by atoms with Crippen molar-refractivity contribution in [3.63, 3.8) is 0 Å². The van der Waals surface area contributed by atoms with Crippen molar-refractivity contribution in [1.29, 1.82) is 0 Å². The first-order chi connectivity index (χ1) is 6.06. The van der Waals surface area contributed by atoms with Crippen molar-refractivity contribution in [2.24, 2.45) is 0 Å². The molecule has 0 saturated heterocycles. The molecule has 0 amide bonds. The average Bonchev–Trinajstić information content (AvgIpc) is 2.09. The fraction of sp³-hybridized carbons (Fsp3) is 0.143. The van der Waals surface area contributed by atoms with Crippen molar-refractivity contribution in [3.05, 3.63) is 37.9 Å². The summed E-state index contributed by atoms with van der Waals surface area (Å²) in [7, 11) is 0. The lowest BCUT2D eigenvalue weighted by atomic mass is 10.2. The van der Waals surface area contributed by atoms with E-state index in [9.17, 15) is 10.1 Å². The number of non-ortho nitro benzene ring substituents is 1. The van der Waals surface area contributed by atoms with Gasteiger partial charge >= 0.3 is 0 Å². The van der Waals surface area contributed by atoms with Crippen LogP contribution in [0.3, 0.4) is 0 Å². The molecule has 0 aliphatic heterocycles. The van der Waals surface area contributed by atoms with E-state index in [1.807, 2.05) is 0 Å². The van der Waals surface area contributed by atoms with Gasteiger partial charge in [-0.05, 0) is 0 Å². The summed E-state index contributed by atoms with van der Waals surface area (Å²) in [6.45, 7) is -0.375. The van der Waals surface area contributed by atoms with Crippen molar-refractivity contribution in [2.75, 3.05) is 0 Å². The molecule has 0 fully saturated rings. The molecule has 1 aromatic rings. The van der Waals surface area contributed by atoms with E-state index in [2.05, 4.69) is 0 Å². The predicted octanol–water partition coefficient (Wildman–Crippen LogP) is 2.39. The number of rotatable bonds is 2. The van der Waals surface area contributed by atoms with Crippen LogP contribution in [0.4, 0.5) is 5.69 Å². The Kier molecular flexibility index (Phi) is 3.08. The van der Waals surface area contributed by atoms with E-state index < -0.39 is 4.92 Å². The molecule has 0 unspecified atom stereocenters. The van der Waals surface area contributed by atoms with Gasteiger partial charge in [-0.2, -0.15) is 0 Å². The van der Waals surface area contributed by atoms with Crippen LogP contribution in [0.5, 0.6) is 0 Å². The minimum atomic E-state index is -0.596. The Hall–Kier alpha value is -0.840. The lowest BCUT2D eigenvalue weighted by Crippen LogP contribution is -1.92. The number of nitrogens with zero attached hydrogens (tertiary/aromatic N) is 1. The zero-order valence-electron chi connectivity index (χ0n) is 6.33. The number of halogens is 2. The second-order valence-electron chi connectivity index (χ2n) is 2.32. The smallest absolute Gasteiger partial charge is 0.271 e. The maximum atomic E-state index is 10.4. The van der Waals surface area contributed by atoms with Gasteiger partial charge in [-0.25, -0.2) is 0 Å². The summed E-state index contributed by atoms with van der Waals surface area (Å²) in [4.78, 5) is 9.76. The maximum Gasteiger partial charge on any atom is 0.271 e. The van der Waals surface area contributed by atoms with Crippen molar-refractivity contribution < 1.29 is 10.0 Å². The van der Waals surface area contributed by atoms with Gasteiger partial charge in [0.1, 0.15) is 0 Å². The third-order valence-electron chi connectivity index (χ3n) is 1.47. The Labute approximate surface area is 83.9 Å². The van der Waals surface area contributed by atoms with Crippen molar-refractivity contribution in [2.45, 2.75) is 6.61 Å². The topological polar surface area (TPSA) is 63.4 Å². The molecule has 13 heavy (non-hydrogen) atoms. The number of nitro benzene ring substituents is 1. The first kappa shape index (κ1) is 10.2. The molecule has 0 aliphatic rings. The Bertz CT molecular complexity index is 354. The second kappa shape index (κ2) is 3.91. The molecule has 4 nitrogen and oxygen atoms in total. The van der Waals surface area contributed by atoms with Crippen molar-refractivity contribution >= 4 is 28.9 Å². The average molecular weight is 222 g/mol. The van der Waals surface area contributed by atoms with Crippen LogP contribution in [-0.4, -0.2) is 10.0 Å². The maximum absolute atomic E-state index is 10.4. The zero-order chi connectivity index (χ0) is 10.0. The molecule has 1 aromatic carbocycles. The monoisotopic (exact) mass is 221 g/mol. The quantitative estimate of drug-likeness (QED) is 0.617. The van der Waals surface area contributed by atoms with E-state index in [1.54, 1.807) is 0 Å². The largest absolute Gasteiger partial charge is 0.392 e. The third kappa shape index (κ3) is 2.09. The number of hydrogen-bond donors (Lipinski definition) is 1. The normalized spacial score (nSPS) is 10.1. The first-order valence-electron chi connectivity index (χ1n) is 3.29. The van der Waals surface area contributed by atoms with E-state index in [1.165, 1.54) is 6.07 Å². The highest BCUT2D eigenvalue weighted by atomic mass is 35.5. The van der Waals surface area contributed by atoms with Gasteiger partial charge in [0, 0.05) is 17.7 Å². The molecule has 6 heteroatoms. The zero-order valence-corrected chi connectivity index (χ0v) is 7.84. The highest BCUT2D eigenvalue weighted by Gasteiger charge is 2.13. The van der Waals surface area contributed by atoms with Gasteiger partial charge in [0.05, 0.1) is 21.6 Å². The van der Waals surface area contributed by atoms with Crippen LogP contribution < -0.4 is 0 Å². The van der Waals surface area contributed by atoms with E-state index in [-0.39, 0.29) is 27.9 Å². The minimum absolute atomic E-state index is 0.0694. The Morgan fingerprint density at radius 3 is 2.54 bits per heavy atom. The number of aliphatic hydroxyl groups is 1. The summed E-state index contributed by atoms with van der Waals surface area (Å²) in [5, 5.41) is 19.4. The molecule has 0 heterocycles. The van der Waals surface area contributed by atoms with Gasteiger partial charge in [0.25, 0.3) is 5.69 Å². The molecule has 0 atom stereocenters. The molecule has 0 saturated carbocycles. The second-order valence-corrected chi connectivity index (χ2v) is 3.10. The SMILES string of the molecule is O=[N+]([O-])c1cc(Cl)c(Cl)c(CO)c1. The van der Waals surface area contributed by atoms with Gasteiger partial charge in [-0.15, -0.1) is 0 Å². The van der Waals surface area contributed by atoms with Crippen LogP contribution in [0.1, 0.15) is 5.56 Å². The van der Waals surface area contributed by atoms with Crippen LogP contribution in [-0.2, 0) is 6.61 Å². The molecule has 0 spiro atoms. The van der Waals surface area contributed by atoms with Crippen LogP contribution in [0, 0.1) is 10.1 Å². The molecule has 1 rings (SSSR count). The number of aliphatic hydroxyl groups excluding tert-OH is 1. The van der Waals surface area contributed by atoms with E-state index >= 15 is 0 Å². The first-order valence-corrected chi connectivity index (χ1v) is 4.05. The lowest BCUT2D eigenvalue weighted by Gasteiger charge is -2.01. The molecule has 0 aromatic heterocycles. The van der Waals surface area contributed by atoms with Crippen molar-refractivity contribution in [1.82, 2.24) is 0 Å². The number of hydrogen-bond acceptors (Lipinski definition) is 3. The van der Waals surface area contributed by atoms with Crippen LogP contribution >= 0.6 is 23.2 Å². The molecular weight excluding hydrogens is 217 g/mol. The fourth-order valence-corrected chi connectivity index (χ4v) is 1.25. The van der Waals surface area contributed by atoms with E-state index in [0.717, 1.165) is 6.07 Å². The highest BCUT2D eigenvalue weighted by molar-refractivity contribution is 6.42. The van der Waals surface area contributed by atoms with Gasteiger partial charge in [-0.3, -0.25) is 10.1 Å². The predicted molar refractivity (Wildman–Crippen MR) is 49.0 cm³/mol. The number of benzene rings is 1. The van der Waals surface area contributed by atoms with Gasteiger partial charge in [0.2, 0.25) is 0 Å². The summed E-state index contributed by atoms with van der Waals surface area (Å²) >= 11 is 11.2. The van der Waals surface area contributed by atoms with Crippen LogP contribution in [0.15, 0.2) is 12.1 Å². The Balaban J connectivity index is 3.30. The number of nitro groups is 1. The molecule has 0 radical (unpaired) electrons. The third-order valence-corrected chi connectivity index (χ3v) is 2.31. The van der Waals surface area contributed by atoms with Crippen LogP contribution in [0.25, 0.3) is 0 Å². The molecule has 1 N–H and O–H groups in total. The van der Waals surface area contributed by atoms with Gasteiger partial charge in [-0.1, -0.05) is 23.2 Å². The Morgan fingerprint density at radius 2 is 2.08 bits per heavy atom. The Morgan fingerprint density at radius 1 is 1.46 bits per heavy atom. The van der Waals surface area contributed by atoms with E-state index in [4.69, 9.17) is 28.3 Å². The lowest BCUT2D eigenvalue weighted by molar-refractivity contribution is -0.384. The fourth-order valence-electron chi connectivity index (χ4n) is 0.851. The standard InChI is InChI=1S/C7H5Cl2NO3/c8-6-2-5(10(12)13)1-4(3-11)7(6)9/h1-2,11H,3H2. The summed E-state index contributed by atoms with van der Waals surface area (Å²) in [5.41, 5.74) is 0.0688. The molecule has 0 aliphatic carbocycles. The van der Waals surface area contributed by atoms with Gasteiger partial charge in [0.15, 0.2) is 0 Å². The van der Waals surface area contributed by atoms with Gasteiger partial charge < -0.3 is 5.11 Å². The van der Waals surface area contributed by atoms with E-state index in [0.29, 0.717) is 0 Å². The molecule has 70 valence electrons. The summed E-state index contributed by atoms with van der Waals surface area (Å²) in [5.74, 6) is 0. The summed E-state index contributed by atoms with van der Waals surface area (Å²) in [6.07, 6.45) is 0. The van der Waals surface area contributed by atoms with Crippen molar-refractivity contribution in [3.8, 4) is 0 Å². The summed E-state index contributed by atoms with van der Waals surface area (Å²) in [6, 6.07) is 2.33. The minimum Gasteiger partial charge on any atom is -0.392 e. The summed E-state index contributed by atoms with van der Waals surface area (Å²) < 4.78 is 0. The van der Waals surface area contributed by atoms with Crippen LogP contribution in [0.2, 0.25) is 10.0 Å².